The first-order valence-electron chi connectivity index (χ1n) is 8.55. The zero-order valence-electron chi connectivity index (χ0n) is 14.3. The summed E-state index contributed by atoms with van der Waals surface area (Å²) in [5.74, 6) is -2.12. The number of carboxylic acid groups (broad SMARTS) is 1. The third kappa shape index (κ3) is 5.25. The lowest BCUT2D eigenvalue weighted by atomic mass is 9.90. The molecule has 2 rings (SSSR count). The van der Waals surface area contributed by atoms with Gasteiger partial charge in [-0.3, -0.25) is 4.79 Å². The molecule has 26 heavy (non-hydrogen) atoms. The van der Waals surface area contributed by atoms with Gasteiger partial charge in [0.05, 0.1) is 4.90 Å². The molecule has 1 amide bonds. The smallest absolute Gasteiger partial charge is 0.329 e. The highest BCUT2D eigenvalue weighted by Crippen LogP contribution is 2.27. The van der Waals surface area contributed by atoms with Gasteiger partial charge in [0.15, 0.2) is 0 Å². The minimum atomic E-state index is -3.86. The van der Waals surface area contributed by atoms with Crippen molar-refractivity contribution in [3.8, 4) is 0 Å². The standard InChI is InChI=1S/C17H23FN2O5S/c18-13-5-7-14(8-6-13)26(24,25)19-12-9-15(21)20-17(16(22)23)10-3-1-2-4-11-17/h5-8,19H,1-4,9-12H2,(H,20,21)(H,22,23). The fourth-order valence-electron chi connectivity index (χ4n) is 3.05. The van der Waals surface area contributed by atoms with Gasteiger partial charge < -0.3 is 10.4 Å². The van der Waals surface area contributed by atoms with Crippen molar-refractivity contribution in [1.82, 2.24) is 10.0 Å². The molecule has 1 aliphatic rings. The second-order valence-electron chi connectivity index (χ2n) is 6.45. The Bertz CT molecular complexity index is 741. The first-order valence-corrected chi connectivity index (χ1v) is 10.0. The van der Waals surface area contributed by atoms with Gasteiger partial charge in [0.1, 0.15) is 11.4 Å². The summed E-state index contributed by atoms with van der Waals surface area (Å²) in [5.41, 5.74) is -1.27. The highest BCUT2D eigenvalue weighted by atomic mass is 32.2. The zero-order valence-corrected chi connectivity index (χ0v) is 15.1. The summed E-state index contributed by atoms with van der Waals surface area (Å²) in [5, 5.41) is 12.1. The lowest BCUT2D eigenvalue weighted by Crippen LogP contribution is -2.54. The van der Waals surface area contributed by atoms with Crippen LogP contribution >= 0.6 is 0 Å². The molecule has 1 fully saturated rings. The first-order chi connectivity index (χ1) is 12.3. The van der Waals surface area contributed by atoms with Gasteiger partial charge in [-0.25, -0.2) is 22.3 Å². The average Bonchev–Trinajstić information content (AvgIpc) is 2.81. The van der Waals surface area contributed by atoms with Crippen LogP contribution in [0.15, 0.2) is 29.2 Å². The predicted octanol–water partition coefficient (Wildman–Crippen LogP) is 1.79. The largest absolute Gasteiger partial charge is 0.480 e. The lowest BCUT2D eigenvalue weighted by molar-refractivity contribution is -0.148. The summed E-state index contributed by atoms with van der Waals surface area (Å²) in [7, 11) is -3.86. The van der Waals surface area contributed by atoms with Gasteiger partial charge in [0.25, 0.3) is 0 Å². The van der Waals surface area contributed by atoms with E-state index in [4.69, 9.17) is 0 Å². The highest BCUT2D eigenvalue weighted by molar-refractivity contribution is 7.89. The monoisotopic (exact) mass is 386 g/mol. The van der Waals surface area contributed by atoms with Crippen molar-refractivity contribution in [2.75, 3.05) is 6.54 Å². The Kier molecular flexibility index (Phi) is 6.71. The Hall–Kier alpha value is -2.00. The Morgan fingerprint density at radius 2 is 1.65 bits per heavy atom. The number of hydrogen-bond acceptors (Lipinski definition) is 4. The van der Waals surface area contributed by atoms with E-state index in [1.165, 1.54) is 0 Å². The lowest BCUT2D eigenvalue weighted by Gasteiger charge is -2.29. The summed E-state index contributed by atoms with van der Waals surface area (Å²) >= 11 is 0. The van der Waals surface area contributed by atoms with Crippen LogP contribution in [0.3, 0.4) is 0 Å². The fourth-order valence-corrected chi connectivity index (χ4v) is 4.08. The van der Waals surface area contributed by atoms with Gasteiger partial charge in [0, 0.05) is 13.0 Å². The summed E-state index contributed by atoms with van der Waals surface area (Å²) in [6, 6.07) is 4.32. The molecule has 144 valence electrons. The van der Waals surface area contributed by atoms with Crippen molar-refractivity contribution >= 4 is 21.9 Å². The van der Waals surface area contributed by atoms with Crippen LogP contribution in [-0.4, -0.2) is 37.5 Å². The first kappa shape index (κ1) is 20.3. The molecule has 0 heterocycles. The van der Waals surface area contributed by atoms with Gasteiger partial charge in [-0.15, -0.1) is 0 Å². The quantitative estimate of drug-likeness (QED) is 0.619. The highest BCUT2D eigenvalue weighted by Gasteiger charge is 2.39. The minimum Gasteiger partial charge on any atom is -0.480 e. The number of carboxylic acids is 1. The van der Waals surface area contributed by atoms with E-state index in [9.17, 15) is 27.5 Å². The van der Waals surface area contributed by atoms with Crippen LogP contribution < -0.4 is 10.0 Å². The second kappa shape index (κ2) is 8.59. The molecule has 3 N–H and O–H groups in total. The van der Waals surface area contributed by atoms with E-state index in [-0.39, 0.29) is 17.9 Å². The second-order valence-corrected chi connectivity index (χ2v) is 8.22. The third-order valence-electron chi connectivity index (χ3n) is 4.51. The molecule has 0 saturated heterocycles. The van der Waals surface area contributed by atoms with E-state index >= 15 is 0 Å². The number of aliphatic carboxylic acids is 1. The summed E-state index contributed by atoms with van der Waals surface area (Å²) in [4.78, 5) is 23.7. The molecular weight excluding hydrogens is 363 g/mol. The molecule has 0 bridgehead atoms. The number of benzene rings is 1. The van der Waals surface area contributed by atoms with Crippen LogP contribution in [0.1, 0.15) is 44.9 Å². The van der Waals surface area contributed by atoms with E-state index in [1.807, 2.05) is 0 Å². The molecular formula is C17H23FN2O5S. The molecule has 9 heteroatoms. The van der Waals surface area contributed by atoms with Crippen molar-refractivity contribution in [1.29, 1.82) is 0 Å². The fraction of sp³-hybridized carbons (Fsp3) is 0.529. The predicted molar refractivity (Wildman–Crippen MR) is 92.4 cm³/mol. The molecule has 1 saturated carbocycles. The zero-order chi connectivity index (χ0) is 19.2. The number of rotatable bonds is 7. The molecule has 1 aliphatic carbocycles. The molecule has 0 spiro atoms. The summed E-state index contributed by atoms with van der Waals surface area (Å²) in [6.45, 7) is -0.179. The van der Waals surface area contributed by atoms with Crippen LogP contribution in [0.25, 0.3) is 0 Å². The van der Waals surface area contributed by atoms with Crippen LogP contribution in [0, 0.1) is 5.82 Å². The number of carbonyl (C=O) groups excluding carboxylic acids is 1. The van der Waals surface area contributed by atoms with Gasteiger partial charge >= 0.3 is 5.97 Å². The Labute approximate surface area is 152 Å². The van der Waals surface area contributed by atoms with Gasteiger partial charge in [-0.2, -0.15) is 0 Å². The number of sulfonamides is 1. The number of amides is 1. The maximum absolute atomic E-state index is 12.9. The minimum absolute atomic E-state index is 0.106. The number of halogens is 1. The molecule has 0 unspecified atom stereocenters. The van der Waals surface area contributed by atoms with E-state index in [0.717, 1.165) is 49.9 Å². The number of carbonyl (C=O) groups is 2. The maximum Gasteiger partial charge on any atom is 0.329 e. The Morgan fingerprint density at radius 3 is 2.19 bits per heavy atom. The van der Waals surface area contributed by atoms with Crippen molar-refractivity contribution in [3.05, 3.63) is 30.1 Å². The SMILES string of the molecule is O=C(CCNS(=O)(=O)c1ccc(F)cc1)NC1(C(=O)O)CCCCCC1. The van der Waals surface area contributed by atoms with Crippen LogP contribution in [0.2, 0.25) is 0 Å². The van der Waals surface area contributed by atoms with Crippen LogP contribution in [-0.2, 0) is 19.6 Å². The van der Waals surface area contributed by atoms with Crippen molar-refractivity contribution in [2.24, 2.45) is 0 Å². The van der Waals surface area contributed by atoms with Crippen LogP contribution in [0.5, 0.6) is 0 Å². The van der Waals surface area contributed by atoms with E-state index in [2.05, 4.69) is 10.0 Å². The maximum atomic E-state index is 12.9. The van der Waals surface area contributed by atoms with Gasteiger partial charge in [-0.05, 0) is 37.1 Å². The third-order valence-corrected chi connectivity index (χ3v) is 5.99. The van der Waals surface area contributed by atoms with Gasteiger partial charge in [-0.1, -0.05) is 25.7 Å². The Balaban J connectivity index is 1.91. The van der Waals surface area contributed by atoms with Crippen molar-refractivity contribution < 1.29 is 27.5 Å². The van der Waals surface area contributed by atoms with E-state index in [1.54, 1.807) is 0 Å². The van der Waals surface area contributed by atoms with E-state index in [0.29, 0.717) is 12.8 Å². The molecule has 1 aromatic carbocycles. The topological polar surface area (TPSA) is 113 Å². The average molecular weight is 386 g/mol. The molecule has 1 aromatic rings. The summed E-state index contributed by atoms with van der Waals surface area (Å²) < 4.78 is 39.3. The van der Waals surface area contributed by atoms with Crippen molar-refractivity contribution in [2.45, 2.75) is 55.4 Å². The molecule has 0 aromatic heterocycles. The number of nitrogens with one attached hydrogen (secondary N) is 2. The molecule has 7 nitrogen and oxygen atoms in total. The molecule has 0 atom stereocenters. The summed E-state index contributed by atoms with van der Waals surface area (Å²) in [6.07, 6.45) is 3.87. The Morgan fingerprint density at radius 1 is 1.08 bits per heavy atom. The number of hydrogen-bond donors (Lipinski definition) is 3. The van der Waals surface area contributed by atoms with Crippen molar-refractivity contribution in [3.63, 3.8) is 0 Å². The van der Waals surface area contributed by atoms with E-state index < -0.39 is 33.3 Å². The molecule has 0 aliphatic heterocycles. The van der Waals surface area contributed by atoms with Gasteiger partial charge in [0.2, 0.25) is 15.9 Å². The van der Waals surface area contributed by atoms with Crippen LogP contribution in [0.4, 0.5) is 4.39 Å². The molecule has 0 radical (unpaired) electrons. The normalized spacial score (nSPS) is 17.3.